The first kappa shape index (κ1) is 14.3. The molecule has 1 aromatic carbocycles. The van der Waals surface area contributed by atoms with Crippen LogP contribution in [-0.4, -0.2) is 36.8 Å². The zero-order valence-electron chi connectivity index (χ0n) is 11.4. The van der Waals surface area contributed by atoms with E-state index in [1.807, 2.05) is 6.92 Å². The molecule has 2 N–H and O–H groups in total. The summed E-state index contributed by atoms with van der Waals surface area (Å²) in [5, 5.41) is 11.7. The Labute approximate surface area is 116 Å². The number of aromatic carboxylic acids is 1. The van der Waals surface area contributed by atoms with Crippen molar-refractivity contribution in [2.45, 2.75) is 19.4 Å². The zero-order chi connectivity index (χ0) is 14.7. The molecule has 1 amide bonds. The van der Waals surface area contributed by atoms with Crippen LogP contribution in [0, 0.1) is 5.92 Å². The van der Waals surface area contributed by atoms with Gasteiger partial charge in [0.15, 0.2) is 0 Å². The molecule has 1 aliphatic carbocycles. The van der Waals surface area contributed by atoms with Gasteiger partial charge in [-0.15, -0.1) is 0 Å². The predicted octanol–water partition coefficient (Wildman–Crippen LogP) is 1.76. The van der Waals surface area contributed by atoms with Gasteiger partial charge in [-0.1, -0.05) is 0 Å². The fraction of sp³-hybridized carbons (Fsp3) is 0.429. The van der Waals surface area contributed by atoms with Crippen LogP contribution in [0.2, 0.25) is 0 Å². The van der Waals surface area contributed by atoms with E-state index >= 15 is 0 Å². The van der Waals surface area contributed by atoms with Crippen molar-refractivity contribution in [1.82, 2.24) is 0 Å². The average Bonchev–Trinajstić information content (AvgIpc) is 3.18. The van der Waals surface area contributed by atoms with E-state index in [1.54, 1.807) is 6.07 Å². The van der Waals surface area contributed by atoms with Gasteiger partial charge >= 0.3 is 5.97 Å². The van der Waals surface area contributed by atoms with Gasteiger partial charge in [0, 0.05) is 18.4 Å². The second-order valence-corrected chi connectivity index (χ2v) is 4.55. The maximum absolute atomic E-state index is 11.9. The van der Waals surface area contributed by atoms with Crippen molar-refractivity contribution in [1.29, 1.82) is 0 Å². The second kappa shape index (κ2) is 5.92. The minimum atomic E-state index is -1.07. The highest BCUT2D eigenvalue weighted by Crippen LogP contribution is 2.35. The zero-order valence-corrected chi connectivity index (χ0v) is 11.4. The molecule has 2 atom stereocenters. The minimum Gasteiger partial charge on any atom is -0.496 e. The first-order valence-electron chi connectivity index (χ1n) is 6.40. The number of carbonyl (C=O) groups is 2. The van der Waals surface area contributed by atoms with Crippen molar-refractivity contribution in [3.8, 4) is 5.75 Å². The number of rotatable bonds is 6. The Bertz CT molecular complexity index is 528. The number of carbonyl (C=O) groups excluding carboxylic acids is 1. The van der Waals surface area contributed by atoms with Gasteiger partial charge in [0.05, 0.1) is 19.1 Å². The smallest absolute Gasteiger partial charge is 0.339 e. The molecule has 0 heterocycles. The van der Waals surface area contributed by atoms with Gasteiger partial charge in [-0.2, -0.15) is 0 Å². The topological polar surface area (TPSA) is 84.9 Å². The van der Waals surface area contributed by atoms with Crippen LogP contribution in [0.5, 0.6) is 5.75 Å². The summed E-state index contributed by atoms with van der Waals surface area (Å²) < 4.78 is 10.4. The number of carboxylic acid groups (broad SMARTS) is 1. The average molecular weight is 279 g/mol. The van der Waals surface area contributed by atoms with Crippen LogP contribution in [-0.2, 0) is 9.53 Å². The summed E-state index contributed by atoms with van der Waals surface area (Å²) in [5.74, 6) is -1.10. The Kier molecular flexibility index (Phi) is 4.24. The minimum absolute atomic E-state index is 0.000174. The third-order valence-corrected chi connectivity index (χ3v) is 3.15. The maximum atomic E-state index is 11.9. The first-order chi connectivity index (χ1) is 9.56. The third-order valence-electron chi connectivity index (χ3n) is 3.15. The van der Waals surface area contributed by atoms with E-state index < -0.39 is 5.97 Å². The van der Waals surface area contributed by atoms with Crippen LogP contribution in [0.25, 0.3) is 0 Å². The molecule has 20 heavy (non-hydrogen) atoms. The third kappa shape index (κ3) is 3.08. The van der Waals surface area contributed by atoms with E-state index in [9.17, 15) is 9.59 Å². The Morgan fingerprint density at radius 3 is 2.80 bits per heavy atom. The Hall–Kier alpha value is -2.08. The van der Waals surface area contributed by atoms with E-state index in [-0.39, 0.29) is 29.2 Å². The molecule has 0 radical (unpaired) electrons. The Morgan fingerprint density at radius 2 is 2.20 bits per heavy atom. The van der Waals surface area contributed by atoms with Crippen LogP contribution in [0.1, 0.15) is 23.7 Å². The number of ether oxygens (including phenoxy) is 2. The molecule has 2 rings (SSSR count). The molecule has 0 saturated heterocycles. The lowest BCUT2D eigenvalue weighted by Gasteiger charge is -2.09. The number of benzene rings is 1. The van der Waals surface area contributed by atoms with Gasteiger partial charge < -0.3 is 19.9 Å². The summed E-state index contributed by atoms with van der Waals surface area (Å²) in [7, 11) is 1.39. The summed E-state index contributed by atoms with van der Waals surface area (Å²) in [6, 6.07) is 4.45. The standard InChI is InChI=1S/C14H17NO5/c1-3-20-12-7-10(12)13(16)15-8-4-5-9(14(17)18)11(6-8)19-2/h4-6,10,12H,3,7H2,1-2H3,(H,15,16)(H,17,18)/t10-,12-/m0/s1. The van der Waals surface area contributed by atoms with Crippen LogP contribution in [0.3, 0.4) is 0 Å². The number of carboxylic acids is 1. The van der Waals surface area contributed by atoms with Crippen molar-refractivity contribution in [3.63, 3.8) is 0 Å². The van der Waals surface area contributed by atoms with Gasteiger partial charge in [-0.25, -0.2) is 4.79 Å². The van der Waals surface area contributed by atoms with Gasteiger partial charge in [0.25, 0.3) is 0 Å². The largest absolute Gasteiger partial charge is 0.496 e. The fourth-order valence-electron chi connectivity index (χ4n) is 2.03. The lowest BCUT2D eigenvalue weighted by atomic mass is 10.2. The van der Waals surface area contributed by atoms with E-state index in [4.69, 9.17) is 14.6 Å². The highest BCUT2D eigenvalue weighted by molar-refractivity contribution is 5.96. The number of hydrogen-bond acceptors (Lipinski definition) is 4. The van der Waals surface area contributed by atoms with Gasteiger partial charge in [0.2, 0.25) is 5.91 Å². The molecule has 0 unspecified atom stereocenters. The molecule has 0 spiro atoms. The molecule has 108 valence electrons. The molecule has 0 aliphatic heterocycles. The predicted molar refractivity (Wildman–Crippen MR) is 72.1 cm³/mol. The van der Waals surface area contributed by atoms with Crippen LogP contribution in [0.15, 0.2) is 18.2 Å². The lowest BCUT2D eigenvalue weighted by molar-refractivity contribution is -0.118. The lowest BCUT2D eigenvalue weighted by Crippen LogP contribution is -2.17. The Morgan fingerprint density at radius 1 is 1.45 bits per heavy atom. The SMILES string of the molecule is CCO[C@H]1C[C@@H]1C(=O)Nc1ccc(C(=O)O)c(OC)c1. The number of methoxy groups -OCH3 is 1. The molecule has 6 nitrogen and oxygen atoms in total. The Balaban J connectivity index is 2.03. The van der Waals surface area contributed by atoms with Crippen molar-refractivity contribution in [3.05, 3.63) is 23.8 Å². The summed E-state index contributed by atoms with van der Waals surface area (Å²) in [5.41, 5.74) is 0.572. The molecule has 6 heteroatoms. The molecule has 1 fully saturated rings. The summed E-state index contributed by atoms with van der Waals surface area (Å²) >= 11 is 0. The summed E-state index contributed by atoms with van der Waals surface area (Å²) in [6.45, 7) is 2.48. The summed E-state index contributed by atoms with van der Waals surface area (Å²) in [4.78, 5) is 22.9. The van der Waals surface area contributed by atoms with Crippen LogP contribution < -0.4 is 10.1 Å². The number of hydrogen-bond donors (Lipinski definition) is 2. The molecule has 1 aliphatic rings. The first-order valence-corrected chi connectivity index (χ1v) is 6.40. The van der Waals surface area contributed by atoms with Crippen molar-refractivity contribution in [2.24, 2.45) is 5.92 Å². The molecule has 0 bridgehead atoms. The van der Waals surface area contributed by atoms with Gasteiger partial charge in [-0.3, -0.25) is 4.79 Å². The van der Waals surface area contributed by atoms with Crippen LogP contribution in [0.4, 0.5) is 5.69 Å². The molecule has 1 saturated carbocycles. The van der Waals surface area contributed by atoms with Crippen molar-refractivity contribution in [2.75, 3.05) is 19.0 Å². The van der Waals surface area contributed by atoms with E-state index in [1.165, 1.54) is 19.2 Å². The molecular weight excluding hydrogens is 262 g/mol. The quantitative estimate of drug-likeness (QED) is 0.828. The van der Waals surface area contributed by atoms with E-state index in [0.717, 1.165) is 6.42 Å². The van der Waals surface area contributed by atoms with E-state index in [0.29, 0.717) is 12.3 Å². The molecule has 0 aromatic heterocycles. The van der Waals surface area contributed by atoms with Gasteiger partial charge in [-0.05, 0) is 25.5 Å². The van der Waals surface area contributed by atoms with E-state index in [2.05, 4.69) is 5.32 Å². The fourth-order valence-corrected chi connectivity index (χ4v) is 2.03. The van der Waals surface area contributed by atoms with Crippen molar-refractivity contribution >= 4 is 17.6 Å². The number of anilines is 1. The van der Waals surface area contributed by atoms with Crippen LogP contribution >= 0.6 is 0 Å². The van der Waals surface area contributed by atoms with Gasteiger partial charge in [0.1, 0.15) is 11.3 Å². The normalized spacial score (nSPS) is 20.3. The number of amides is 1. The second-order valence-electron chi connectivity index (χ2n) is 4.55. The molecular formula is C14H17NO5. The number of nitrogens with one attached hydrogen (secondary N) is 1. The highest BCUT2D eigenvalue weighted by Gasteiger charge is 2.43. The van der Waals surface area contributed by atoms with Crippen molar-refractivity contribution < 1.29 is 24.2 Å². The molecule has 1 aromatic rings. The highest BCUT2D eigenvalue weighted by atomic mass is 16.5. The monoisotopic (exact) mass is 279 g/mol. The maximum Gasteiger partial charge on any atom is 0.339 e. The summed E-state index contributed by atoms with van der Waals surface area (Å²) in [6.07, 6.45) is 0.726.